The van der Waals surface area contributed by atoms with E-state index in [0.717, 1.165) is 12.2 Å². The molecule has 2 heteroatoms. The average molecular weight is 191 g/mol. The molecule has 1 aromatic rings. The minimum atomic E-state index is 0.549. The first-order valence-corrected chi connectivity index (χ1v) is 5.23. The van der Waals surface area contributed by atoms with Crippen molar-refractivity contribution in [2.24, 2.45) is 0 Å². The maximum atomic E-state index is 5.35. The fourth-order valence-electron chi connectivity index (χ4n) is 2.04. The lowest BCUT2D eigenvalue weighted by Crippen LogP contribution is -2.13. The summed E-state index contributed by atoms with van der Waals surface area (Å²) in [6, 6.07) is 6.81. The Bertz CT molecular complexity index is 322. The first kappa shape index (κ1) is 9.38. The number of methoxy groups -OCH3 is 1. The summed E-state index contributed by atoms with van der Waals surface area (Å²) in [5, 5.41) is 3.52. The van der Waals surface area contributed by atoms with Gasteiger partial charge in [0.05, 0.1) is 12.8 Å². The molecule has 0 aliphatic carbocycles. The standard InChI is InChI=1S/C12H17NO/c1-9-5-3-6-10-7-4-8-11(14-2)12(10)13-9/h4,7-9,13H,3,5-6H2,1-2H3. The highest BCUT2D eigenvalue weighted by molar-refractivity contribution is 5.63. The maximum absolute atomic E-state index is 5.35. The molecule has 1 N–H and O–H groups in total. The summed E-state index contributed by atoms with van der Waals surface area (Å²) in [5.41, 5.74) is 2.58. The molecule has 0 saturated carbocycles. The Morgan fingerprint density at radius 1 is 1.43 bits per heavy atom. The maximum Gasteiger partial charge on any atom is 0.142 e. The fraction of sp³-hybridized carbons (Fsp3) is 0.500. The molecule has 0 aromatic heterocycles. The Hall–Kier alpha value is -1.18. The number of benzene rings is 1. The zero-order chi connectivity index (χ0) is 9.97. The van der Waals surface area contributed by atoms with Crippen LogP contribution in [0.3, 0.4) is 0 Å². The Kier molecular flexibility index (Phi) is 2.62. The van der Waals surface area contributed by atoms with Crippen LogP contribution in [0.2, 0.25) is 0 Å². The molecule has 1 atom stereocenters. The minimum absolute atomic E-state index is 0.549. The van der Waals surface area contributed by atoms with Gasteiger partial charge in [-0.1, -0.05) is 12.1 Å². The summed E-state index contributed by atoms with van der Waals surface area (Å²) < 4.78 is 5.35. The van der Waals surface area contributed by atoms with Crippen molar-refractivity contribution in [1.29, 1.82) is 0 Å². The van der Waals surface area contributed by atoms with Crippen LogP contribution in [0.15, 0.2) is 18.2 Å². The van der Waals surface area contributed by atoms with Crippen molar-refractivity contribution in [2.75, 3.05) is 12.4 Å². The van der Waals surface area contributed by atoms with Gasteiger partial charge in [-0.3, -0.25) is 0 Å². The van der Waals surface area contributed by atoms with Crippen molar-refractivity contribution in [3.8, 4) is 5.75 Å². The van der Waals surface area contributed by atoms with E-state index in [2.05, 4.69) is 24.4 Å². The molecule has 1 aliphatic heterocycles. The molecular weight excluding hydrogens is 174 g/mol. The molecule has 0 saturated heterocycles. The SMILES string of the molecule is COc1cccc2c1NC(C)CCC2. The average Bonchev–Trinajstić information content (AvgIpc) is 2.38. The molecule has 2 rings (SSSR count). The molecule has 14 heavy (non-hydrogen) atoms. The molecule has 1 heterocycles. The van der Waals surface area contributed by atoms with Crippen LogP contribution in [-0.2, 0) is 6.42 Å². The Labute approximate surface area is 85.3 Å². The van der Waals surface area contributed by atoms with Gasteiger partial charge in [-0.25, -0.2) is 0 Å². The lowest BCUT2D eigenvalue weighted by molar-refractivity contribution is 0.416. The third kappa shape index (κ3) is 1.69. The molecule has 76 valence electrons. The number of ether oxygens (including phenoxy) is 1. The van der Waals surface area contributed by atoms with Crippen molar-refractivity contribution < 1.29 is 4.74 Å². The lowest BCUT2D eigenvalue weighted by atomic mass is 10.1. The van der Waals surface area contributed by atoms with Crippen molar-refractivity contribution in [3.05, 3.63) is 23.8 Å². The van der Waals surface area contributed by atoms with E-state index in [1.54, 1.807) is 7.11 Å². The second-order valence-corrected chi connectivity index (χ2v) is 3.93. The molecule has 0 fully saturated rings. The molecule has 1 aromatic carbocycles. The summed E-state index contributed by atoms with van der Waals surface area (Å²) in [6.07, 6.45) is 3.65. The molecule has 0 bridgehead atoms. The first-order chi connectivity index (χ1) is 6.81. The summed E-state index contributed by atoms with van der Waals surface area (Å²) in [4.78, 5) is 0. The van der Waals surface area contributed by atoms with Gasteiger partial charge in [-0.15, -0.1) is 0 Å². The fourth-order valence-corrected chi connectivity index (χ4v) is 2.04. The van der Waals surface area contributed by atoms with Crippen LogP contribution in [-0.4, -0.2) is 13.2 Å². The Morgan fingerprint density at radius 3 is 3.07 bits per heavy atom. The summed E-state index contributed by atoms with van der Waals surface area (Å²) in [6.45, 7) is 2.22. The van der Waals surface area contributed by atoms with Gasteiger partial charge >= 0.3 is 0 Å². The molecular formula is C12H17NO. The molecule has 1 aliphatic rings. The van der Waals surface area contributed by atoms with Crippen molar-refractivity contribution in [2.45, 2.75) is 32.2 Å². The third-order valence-corrected chi connectivity index (χ3v) is 2.81. The molecule has 2 nitrogen and oxygen atoms in total. The zero-order valence-corrected chi connectivity index (χ0v) is 8.84. The highest BCUT2D eigenvalue weighted by Gasteiger charge is 2.15. The minimum Gasteiger partial charge on any atom is -0.495 e. The topological polar surface area (TPSA) is 21.3 Å². The van der Waals surface area contributed by atoms with E-state index in [9.17, 15) is 0 Å². The highest BCUT2D eigenvalue weighted by Crippen LogP contribution is 2.32. The van der Waals surface area contributed by atoms with E-state index in [4.69, 9.17) is 4.74 Å². The second kappa shape index (κ2) is 3.91. The van der Waals surface area contributed by atoms with Gasteiger partial charge in [-0.2, -0.15) is 0 Å². The summed E-state index contributed by atoms with van der Waals surface area (Å²) >= 11 is 0. The van der Waals surface area contributed by atoms with Gasteiger partial charge in [-0.05, 0) is 37.8 Å². The number of aryl methyl sites for hydroxylation is 1. The number of hydrogen-bond donors (Lipinski definition) is 1. The third-order valence-electron chi connectivity index (χ3n) is 2.81. The summed E-state index contributed by atoms with van der Waals surface area (Å²) in [7, 11) is 1.73. The van der Waals surface area contributed by atoms with E-state index in [-0.39, 0.29) is 0 Å². The zero-order valence-electron chi connectivity index (χ0n) is 8.84. The molecule has 0 radical (unpaired) electrons. The van der Waals surface area contributed by atoms with Crippen molar-refractivity contribution in [3.63, 3.8) is 0 Å². The van der Waals surface area contributed by atoms with Crippen LogP contribution in [0.25, 0.3) is 0 Å². The van der Waals surface area contributed by atoms with Gasteiger partial charge < -0.3 is 10.1 Å². The number of fused-ring (bicyclic) bond motifs is 1. The number of nitrogens with one attached hydrogen (secondary N) is 1. The number of anilines is 1. The quantitative estimate of drug-likeness (QED) is 0.737. The van der Waals surface area contributed by atoms with Crippen LogP contribution in [0.4, 0.5) is 5.69 Å². The van der Waals surface area contributed by atoms with Crippen LogP contribution >= 0.6 is 0 Å². The highest BCUT2D eigenvalue weighted by atomic mass is 16.5. The second-order valence-electron chi connectivity index (χ2n) is 3.93. The van der Waals surface area contributed by atoms with E-state index >= 15 is 0 Å². The predicted octanol–water partition coefficient (Wildman–Crippen LogP) is 2.83. The van der Waals surface area contributed by atoms with Gasteiger partial charge in [0.1, 0.15) is 5.75 Å². The number of rotatable bonds is 1. The van der Waals surface area contributed by atoms with Crippen LogP contribution < -0.4 is 10.1 Å². The monoisotopic (exact) mass is 191 g/mol. The van der Waals surface area contributed by atoms with E-state index < -0.39 is 0 Å². The van der Waals surface area contributed by atoms with Crippen LogP contribution in [0, 0.1) is 0 Å². The van der Waals surface area contributed by atoms with Crippen molar-refractivity contribution in [1.82, 2.24) is 0 Å². The smallest absolute Gasteiger partial charge is 0.142 e. The van der Waals surface area contributed by atoms with Gasteiger partial charge in [0.2, 0.25) is 0 Å². The van der Waals surface area contributed by atoms with Gasteiger partial charge in [0.25, 0.3) is 0 Å². The molecule has 0 amide bonds. The largest absolute Gasteiger partial charge is 0.495 e. The van der Waals surface area contributed by atoms with Gasteiger partial charge in [0, 0.05) is 6.04 Å². The predicted molar refractivity (Wildman–Crippen MR) is 59.0 cm³/mol. The Balaban J connectivity index is 2.40. The normalized spacial score (nSPS) is 20.6. The number of para-hydroxylation sites is 1. The number of hydrogen-bond acceptors (Lipinski definition) is 2. The van der Waals surface area contributed by atoms with E-state index in [1.165, 1.54) is 24.1 Å². The van der Waals surface area contributed by atoms with E-state index in [0.29, 0.717) is 6.04 Å². The van der Waals surface area contributed by atoms with Crippen LogP contribution in [0.5, 0.6) is 5.75 Å². The molecule has 0 spiro atoms. The molecule has 1 unspecified atom stereocenters. The Morgan fingerprint density at radius 2 is 2.29 bits per heavy atom. The van der Waals surface area contributed by atoms with Crippen LogP contribution in [0.1, 0.15) is 25.3 Å². The summed E-state index contributed by atoms with van der Waals surface area (Å²) in [5.74, 6) is 0.969. The van der Waals surface area contributed by atoms with Crippen molar-refractivity contribution >= 4 is 5.69 Å². The van der Waals surface area contributed by atoms with E-state index in [1.807, 2.05) is 6.07 Å². The van der Waals surface area contributed by atoms with Gasteiger partial charge in [0.15, 0.2) is 0 Å². The first-order valence-electron chi connectivity index (χ1n) is 5.23. The lowest BCUT2D eigenvalue weighted by Gasteiger charge is -2.16.